The Morgan fingerprint density at radius 2 is 1.89 bits per heavy atom. The first-order chi connectivity index (χ1) is 17.6. The van der Waals surface area contributed by atoms with Crippen molar-refractivity contribution in [1.29, 1.82) is 0 Å². The van der Waals surface area contributed by atoms with Crippen LogP contribution in [0.15, 0.2) is 42.6 Å². The van der Waals surface area contributed by atoms with Gasteiger partial charge in [-0.2, -0.15) is 0 Å². The quantitative estimate of drug-likeness (QED) is 0.347. The summed E-state index contributed by atoms with van der Waals surface area (Å²) in [7, 11) is 4.53. The second-order valence-electron chi connectivity index (χ2n) is 11.9. The highest BCUT2D eigenvalue weighted by molar-refractivity contribution is 5.82. The van der Waals surface area contributed by atoms with Crippen LogP contribution in [0.2, 0.25) is 0 Å². The van der Waals surface area contributed by atoms with Gasteiger partial charge in [-0.15, -0.1) is 0 Å². The smallest absolute Gasteiger partial charge is 0.223 e. The standard InChI is InChI=1S/C31H44N3O3/c1-22(2)18-33(19-25-16-24(4)31-29(17-25)36-13-8-14-37-31)30(35)15-23(3)20-34(5,6)21-26-9-7-10-28-27(26)11-12-32-28/h7,9-12,16-17,22-23,32H,8,13-15,18-21H2,1-6H3/q+1. The molecular formula is C31H44N3O3+. The summed E-state index contributed by atoms with van der Waals surface area (Å²) in [5, 5.41) is 1.28. The van der Waals surface area contributed by atoms with E-state index in [1.807, 2.05) is 11.1 Å². The van der Waals surface area contributed by atoms with Crippen LogP contribution in [0.4, 0.5) is 0 Å². The van der Waals surface area contributed by atoms with Gasteiger partial charge in [0.25, 0.3) is 0 Å². The monoisotopic (exact) mass is 506 g/mol. The molecule has 2 heterocycles. The Bertz CT molecular complexity index is 1210. The summed E-state index contributed by atoms with van der Waals surface area (Å²) in [5.41, 5.74) is 4.68. The van der Waals surface area contributed by atoms with Gasteiger partial charge in [-0.25, -0.2) is 0 Å². The van der Waals surface area contributed by atoms with Gasteiger partial charge in [0.1, 0.15) is 6.54 Å². The van der Waals surface area contributed by atoms with E-state index in [2.05, 4.69) is 83.2 Å². The molecule has 1 unspecified atom stereocenters. The molecule has 0 fully saturated rings. The highest BCUT2D eigenvalue weighted by atomic mass is 16.5. The van der Waals surface area contributed by atoms with Gasteiger partial charge in [-0.1, -0.05) is 39.0 Å². The summed E-state index contributed by atoms with van der Waals surface area (Å²) >= 11 is 0. The number of fused-ring (bicyclic) bond motifs is 2. The summed E-state index contributed by atoms with van der Waals surface area (Å²) in [5.74, 6) is 2.53. The fourth-order valence-electron chi connectivity index (χ4n) is 5.68. The molecule has 0 radical (unpaired) electrons. The van der Waals surface area contributed by atoms with E-state index < -0.39 is 0 Å². The van der Waals surface area contributed by atoms with Crippen molar-refractivity contribution in [3.8, 4) is 11.5 Å². The molecular weight excluding hydrogens is 462 g/mol. The summed E-state index contributed by atoms with van der Waals surface area (Å²) in [6, 6.07) is 12.8. The van der Waals surface area contributed by atoms with Crippen LogP contribution >= 0.6 is 0 Å². The van der Waals surface area contributed by atoms with E-state index in [-0.39, 0.29) is 11.8 Å². The van der Waals surface area contributed by atoms with E-state index in [1.165, 1.54) is 16.5 Å². The first-order valence-corrected chi connectivity index (χ1v) is 13.6. The first-order valence-electron chi connectivity index (χ1n) is 13.6. The molecule has 37 heavy (non-hydrogen) atoms. The zero-order valence-corrected chi connectivity index (χ0v) is 23.5. The van der Waals surface area contributed by atoms with Gasteiger partial charge in [0, 0.05) is 54.5 Å². The Morgan fingerprint density at radius 1 is 1.11 bits per heavy atom. The molecule has 2 aromatic carbocycles. The number of ether oxygens (including phenoxy) is 2. The van der Waals surface area contributed by atoms with Crippen molar-refractivity contribution < 1.29 is 18.8 Å². The average molecular weight is 507 g/mol. The topological polar surface area (TPSA) is 54.6 Å². The predicted octanol–water partition coefficient (Wildman–Crippen LogP) is 5.93. The zero-order valence-electron chi connectivity index (χ0n) is 23.5. The summed E-state index contributed by atoms with van der Waals surface area (Å²) in [4.78, 5) is 18.9. The Kier molecular flexibility index (Phi) is 8.48. The maximum absolute atomic E-state index is 13.6. The van der Waals surface area contributed by atoms with Crippen molar-refractivity contribution in [2.24, 2.45) is 11.8 Å². The maximum atomic E-state index is 13.6. The van der Waals surface area contributed by atoms with E-state index >= 15 is 0 Å². The molecule has 3 aromatic rings. The summed E-state index contributed by atoms with van der Waals surface area (Å²) in [6.07, 6.45) is 3.43. The minimum atomic E-state index is 0.221. The third-order valence-electron chi connectivity index (χ3n) is 7.02. The van der Waals surface area contributed by atoms with Crippen LogP contribution < -0.4 is 9.47 Å². The molecule has 1 amide bonds. The first kappa shape index (κ1) is 27.1. The van der Waals surface area contributed by atoms with E-state index in [0.29, 0.717) is 32.1 Å². The minimum Gasteiger partial charge on any atom is -0.490 e. The zero-order chi connectivity index (χ0) is 26.6. The number of hydrogen-bond acceptors (Lipinski definition) is 3. The number of quaternary nitrogens is 1. The molecule has 6 nitrogen and oxygen atoms in total. The summed E-state index contributed by atoms with van der Waals surface area (Å²) < 4.78 is 12.7. The van der Waals surface area contributed by atoms with Crippen molar-refractivity contribution >= 4 is 16.8 Å². The third kappa shape index (κ3) is 7.07. The fourth-order valence-corrected chi connectivity index (χ4v) is 5.68. The number of aryl methyl sites for hydroxylation is 1. The highest BCUT2D eigenvalue weighted by Crippen LogP contribution is 2.35. The number of nitrogens with one attached hydrogen (secondary N) is 1. The molecule has 0 aliphatic carbocycles. The molecule has 4 rings (SSSR count). The van der Waals surface area contributed by atoms with E-state index in [9.17, 15) is 4.79 Å². The molecule has 200 valence electrons. The second kappa shape index (κ2) is 11.6. The average Bonchev–Trinajstić information content (AvgIpc) is 3.16. The number of nitrogens with zero attached hydrogens (tertiary/aromatic N) is 2. The number of aromatic amines is 1. The largest absolute Gasteiger partial charge is 0.490 e. The molecule has 1 aliphatic rings. The minimum absolute atomic E-state index is 0.221. The van der Waals surface area contributed by atoms with Crippen molar-refractivity contribution in [2.75, 3.05) is 40.4 Å². The Hall–Kier alpha value is -2.99. The van der Waals surface area contributed by atoms with E-state index in [1.54, 1.807) is 0 Å². The van der Waals surface area contributed by atoms with Crippen LogP contribution in [-0.4, -0.2) is 60.7 Å². The molecule has 0 saturated heterocycles. The molecule has 1 aromatic heterocycles. The lowest BCUT2D eigenvalue weighted by Gasteiger charge is -2.33. The molecule has 1 atom stereocenters. The summed E-state index contributed by atoms with van der Waals surface area (Å²) in [6.45, 7) is 13.1. The molecule has 6 heteroatoms. The fraction of sp³-hybridized carbons (Fsp3) is 0.516. The van der Waals surface area contributed by atoms with Crippen LogP contribution in [0.3, 0.4) is 0 Å². The Labute approximate surface area is 222 Å². The molecule has 1 aliphatic heterocycles. The van der Waals surface area contributed by atoms with Gasteiger partial charge in [-0.3, -0.25) is 4.79 Å². The van der Waals surface area contributed by atoms with Crippen molar-refractivity contribution in [3.05, 3.63) is 59.3 Å². The van der Waals surface area contributed by atoms with Gasteiger partial charge in [0.15, 0.2) is 11.5 Å². The number of H-pyrrole nitrogens is 1. The molecule has 0 saturated carbocycles. The molecule has 1 N–H and O–H groups in total. The Morgan fingerprint density at radius 3 is 2.68 bits per heavy atom. The van der Waals surface area contributed by atoms with Crippen LogP contribution in [0, 0.1) is 18.8 Å². The van der Waals surface area contributed by atoms with Crippen molar-refractivity contribution in [1.82, 2.24) is 9.88 Å². The number of hydrogen-bond donors (Lipinski definition) is 1. The third-order valence-corrected chi connectivity index (χ3v) is 7.02. The van der Waals surface area contributed by atoms with E-state index in [4.69, 9.17) is 9.47 Å². The Balaban J connectivity index is 1.42. The SMILES string of the molecule is Cc1cc(CN(CC(C)C)C(=O)CC(C)C[N+](C)(C)Cc2cccc3[nH]ccc23)cc2c1OCCCO2. The predicted molar refractivity (Wildman–Crippen MR) is 150 cm³/mol. The van der Waals surface area contributed by atoms with Gasteiger partial charge >= 0.3 is 0 Å². The lowest BCUT2D eigenvalue weighted by Crippen LogP contribution is -2.43. The van der Waals surface area contributed by atoms with E-state index in [0.717, 1.165) is 53.2 Å². The van der Waals surface area contributed by atoms with Crippen LogP contribution in [0.25, 0.3) is 10.9 Å². The maximum Gasteiger partial charge on any atom is 0.223 e. The number of carbonyl (C=O) groups is 1. The lowest BCUT2D eigenvalue weighted by molar-refractivity contribution is -0.906. The normalized spacial score (nSPS) is 14.6. The lowest BCUT2D eigenvalue weighted by atomic mass is 10.0. The van der Waals surface area contributed by atoms with Crippen molar-refractivity contribution in [2.45, 2.75) is 53.6 Å². The van der Waals surface area contributed by atoms with Gasteiger partial charge in [0.2, 0.25) is 5.91 Å². The van der Waals surface area contributed by atoms with Gasteiger partial charge in [0.05, 0.1) is 33.9 Å². The van der Waals surface area contributed by atoms with Crippen LogP contribution in [-0.2, 0) is 17.9 Å². The second-order valence-corrected chi connectivity index (χ2v) is 11.9. The van der Waals surface area contributed by atoms with Crippen LogP contribution in [0.5, 0.6) is 11.5 Å². The van der Waals surface area contributed by atoms with Gasteiger partial charge < -0.3 is 23.8 Å². The van der Waals surface area contributed by atoms with Crippen molar-refractivity contribution in [3.63, 3.8) is 0 Å². The number of amides is 1. The number of rotatable bonds is 10. The van der Waals surface area contributed by atoms with Gasteiger partial charge in [-0.05, 0) is 42.2 Å². The highest BCUT2D eigenvalue weighted by Gasteiger charge is 2.26. The number of aromatic nitrogens is 1. The molecule has 0 bridgehead atoms. The molecule has 0 spiro atoms. The number of benzene rings is 2. The number of carbonyl (C=O) groups excluding carboxylic acids is 1. The van der Waals surface area contributed by atoms with Crippen LogP contribution in [0.1, 0.15) is 50.3 Å².